The van der Waals surface area contributed by atoms with Gasteiger partial charge in [0.15, 0.2) is 36.3 Å². The Morgan fingerprint density at radius 3 is 1.11 bits per heavy atom. The average Bonchev–Trinajstić information content (AvgIpc) is 4.22. The summed E-state index contributed by atoms with van der Waals surface area (Å²) >= 11 is -0.639. The molecule has 0 saturated carbocycles. The third-order valence-electron chi connectivity index (χ3n) is 7.62. The van der Waals surface area contributed by atoms with Crippen LogP contribution in [0.4, 0.5) is 4.39 Å². The number of aldehydes is 3. The molecular weight excluding hydrogens is 1070 g/mol. The molecule has 0 fully saturated rings. The summed E-state index contributed by atoms with van der Waals surface area (Å²) in [5.41, 5.74) is 5.25. The van der Waals surface area contributed by atoms with Gasteiger partial charge in [-0.25, -0.2) is 15.0 Å². The fraction of sp³-hybridized carbons (Fsp3) is 0.111. The molecule has 5 N–H and O–H groups in total. The van der Waals surface area contributed by atoms with Gasteiger partial charge in [-0.2, -0.15) is 0 Å². The van der Waals surface area contributed by atoms with E-state index in [1.165, 1.54) is 0 Å². The van der Waals surface area contributed by atoms with E-state index in [2.05, 4.69) is 44.9 Å². The molecule has 9 rings (SSSR count). The number of halogens is 3. The van der Waals surface area contributed by atoms with Crippen molar-refractivity contribution in [2.45, 2.75) is 6.42 Å². The van der Waals surface area contributed by atoms with Gasteiger partial charge in [-0.3, -0.25) is 48.7 Å². The molecule has 66 heavy (non-hydrogen) atoms. The van der Waals surface area contributed by atoms with Crippen LogP contribution in [0, 0.1) is 0 Å². The maximum absolute atomic E-state index is 9.96. The van der Waals surface area contributed by atoms with Crippen molar-refractivity contribution in [1.82, 2.24) is 59.7 Å². The molecule has 0 atom stereocenters. The van der Waals surface area contributed by atoms with Crippen LogP contribution in [0.5, 0.6) is 0 Å². The SMILES string of the molecule is C1=CN=C(c2ccccn2)C1.Cn1ccnc1-c1ccccn1.Cn1ccnc1-c1ccccn1.Cn1ccnc1-c1ccccn1.N.O.O=CC=O.O=Cc1ccccn1.[2H]CF.[Cl][Os][Cl]. The third-order valence-corrected chi connectivity index (χ3v) is 7.62. The normalized spacial score (nSPS) is 9.97. The van der Waals surface area contributed by atoms with E-state index >= 15 is 0 Å². The number of carbonyl (C=O) groups is 3. The Hall–Kier alpha value is -7.13. The van der Waals surface area contributed by atoms with Gasteiger partial charge in [0.25, 0.3) is 0 Å². The van der Waals surface area contributed by atoms with E-state index in [-0.39, 0.29) is 24.2 Å². The zero-order valence-corrected chi connectivity index (χ0v) is 40.2. The van der Waals surface area contributed by atoms with E-state index in [1.807, 2.05) is 139 Å². The van der Waals surface area contributed by atoms with E-state index in [4.69, 9.17) is 30.2 Å². The number of aryl methyl sites for hydroxylation is 3. The van der Waals surface area contributed by atoms with E-state index in [0.717, 1.165) is 58.7 Å². The molecule has 0 radical (unpaired) electrons. The van der Waals surface area contributed by atoms with Crippen LogP contribution in [0.25, 0.3) is 34.6 Å². The van der Waals surface area contributed by atoms with Crippen molar-refractivity contribution in [3.63, 3.8) is 0 Å². The third kappa shape index (κ3) is 22.5. The summed E-state index contributed by atoms with van der Waals surface area (Å²) in [6.07, 6.45) is 25.6. The second-order valence-corrected chi connectivity index (χ2v) is 15.5. The molecule has 1 aliphatic heterocycles. The van der Waals surface area contributed by atoms with Gasteiger partial charge in [0, 0.05) is 102 Å². The van der Waals surface area contributed by atoms with Crippen molar-refractivity contribution in [1.29, 1.82) is 0 Å². The van der Waals surface area contributed by atoms with E-state index in [0.29, 0.717) is 5.69 Å². The Kier molecular flexibility index (Phi) is 32.1. The molecule has 0 unspecified atom stereocenters. The van der Waals surface area contributed by atoms with E-state index < -0.39 is 22.6 Å². The molecule has 0 saturated heterocycles. The summed E-state index contributed by atoms with van der Waals surface area (Å²) < 4.78 is 21.3. The van der Waals surface area contributed by atoms with Gasteiger partial charge in [-0.15, -0.1) is 0 Å². The van der Waals surface area contributed by atoms with Crippen LogP contribution in [0.1, 0.15) is 24.0 Å². The van der Waals surface area contributed by atoms with Crippen molar-refractivity contribution >= 4 is 43.8 Å². The number of aliphatic imine (C=N–C) groups is 1. The van der Waals surface area contributed by atoms with Crippen molar-refractivity contribution in [3.05, 3.63) is 183 Å². The Bertz CT molecular complexity index is 2340. The zero-order valence-electron chi connectivity index (χ0n) is 37.1. The summed E-state index contributed by atoms with van der Waals surface area (Å²) in [5, 5.41) is 0. The number of alkyl halides is 1. The molecule has 0 amide bonds. The number of hydrogen-bond donors (Lipinski definition) is 1. The average molecular weight is 1120 g/mol. The van der Waals surface area contributed by atoms with Crippen molar-refractivity contribution in [2.24, 2.45) is 26.1 Å². The summed E-state index contributed by atoms with van der Waals surface area (Å²) in [6, 6.07) is 28.5. The number of carbonyl (C=O) groups excluding carboxylic acids is 3. The number of aromatic nitrogens is 11. The number of imidazole rings is 3. The molecule has 21 heteroatoms. The maximum atomic E-state index is 9.96. The molecule has 9 heterocycles. The van der Waals surface area contributed by atoms with Crippen LogP contribution in [0.2, 0.25) is 0 Å². The molecule has 8 aromatic heterocycles. The summed E-state index contributed by atoms with van der Waals surface area (Å²) in [7, 11) is 14.7. The van der Waals surface area contributed by atoms with E-state index in [9.17, 15) is 9.18 Å². The first-order valence-electron chi connectivity index (χ1n) is 19.2. The van der Waals surface area contributed by atoms with Crippen LogP contribution in [0.3, 0.4) is 0 Å². The van der Waals surface area contributed by atoms with Gasteiger partial charge < -0.3 is 25.3 Å². The van der Waals surface area contributed by atoms with E-state index in [1.54, 1.807) is 67.8 Å². The minimum absolute atomic E-state index is 0. The monoisotopic (exact) mass is 1120 g/mol. The quantitative estimate of drug-likeness (QED) is 0.124. The molecule has 17 nitrogen and oxygen atoms in total. The van der Waals surface area contributed by atoms with Crippen LogP contribution in [-0.4, -0.2) is 90.8 Å². The van der Waals surface area contributed by atoms with Gasteiger partial charge in [-0.1, -0.05) is 36.4 Å². The molecular formula is C45H50Cl2FN13O4Os. The van der Waals surface area contributed by atoms with Crippen molar-refractivity contribution in [2.75, 3.05) is 7.15 Å². The molecule has 0 spiro atoms. The number of pyridine rings is 5. The fourth-order valence-corrected chi connectivity index (χ4v) is 4.83. The zero-order chi connectivity index (χ0) is 47.3. The predicted octanol–water partition coefficient (Wildman–Crippen LogP) is 7.81. The van der Waals surface area contributed by atoms with Crippen molar-refractivity contribution in [3.8, 4) is 34.6 Å². The minimum atomic E-state index is -1.00. The first kappa shape index (κ1) is 56.9. The first-order valence-corrected chi connectivity index (χ1v) is 24.8. The number of rotatable bonds is 6. The topological polar surface area (TPSA) is 248 Å². The second-order valence-electron chi connectivity index (χ2n) is 11.8. The van der Waals surface area contributed by atoms with Crippen LogP contribution in [-0.2, 0) is 46.1 Å². The summed E-state index contributed by atoms with van der Waals surface area (Å²) in [4.78, 5) is 64.8. The number of hydrogen-bond acceptors (Lipinski definition) is 13. The van der Waals surface area contributed by atoms with Gasteiger partial charge in [0.1, 0.15) is 22.8 Å². The Labute approximate surface area is 399 Å². The second kappa shape index (κ2) is 37.3. The summed E-state index contributed by atoms with van der Waals surface area (Å²) in [5.74, 6) is 2.70. The van der Waals surface area contributed by atoms with Crippen LogP contribution >= 0.6 is 19.3 Å². The summed E-state index contributed by atoms with van der Waals surface area (Å²) in [6.45, 7) is 0. The molecule has 1 aliphatic rings. The molecule has 348 valence electrons. The Morgan fingerprint density at radius 2 is 0.894 bits per heavy atom. The Balaban J connectivity index is 0.000000772. The van der Waals surface area contributed by atoms with Crippen LogP contribution in [0.15, 0.2) is 176 Å². The Morgan fingerprint density at radius 1 is 0.561 bits per heavy atom. The number of nitrogens with zero attached hydrogens (tertiary/aromatic N) is 12. The van der Waals surface area contributed by atoms with Gasteiger partial charge in [0.05, 0.1) is 19.9 Å². The number of allylic oxidation sites excluding steroid dienone is 1. The molecule has 0 aliphatic carbocycles. The standard InChI is InChI=1S/3C9H9N3.C9H8N2.C6H5NO.C2H2O2.CH3F.2ClH.H3N.H2O.Os/c3*1-12-7-6-11-9(12)8-4-2-3-5-10-8;1-2-6-10-8(4-1)9-5-3-7-11-9;8-5-6-3-1-2-4-7-6;3-1-2-4;1-2;;;;;/h3*2-7H,1H3;1-4,6-7H,5H2;1-5H;1-2H;1H3;2*1H;1H3;1H2;/q;;;;;;;;;;;+2/p-2/i;;;;;;1D;;;;;. The van der Waals surface area contributed by atoms with Crippen molar-refractivity contribution < 1.29 is 41.0 Å². The van der Waals surface area contributed by atoms with Gasteiger partial charge in [-0.05, 0) is 60.7 Å². The first-order chi connectivity index (χ1) is 31.8. The molecule has 0 bridgehead atoms. The van der Waals surface area contributed by atoms with Gasteiger partial charge in [0.2, 0.25) is 0 Å². The molecule has 8 aromatic rings. The fourth-order valence-electron chi connectivity index (χ4n) is 4.83. The van der Waals surface area contributed by atoms with Crippen LogP contribution < -0.4 is 6.15 Å². The molecule has 0 aromatic carbocycles. The predicted molar refractivity (Wildman–Crippen MR) is 253 cm³/mol. The van der Waals surface area contributed by atoms with Gasteiger partial charge >= 0.3 is 34.7 Å².